The summed E-state index contributed by atoms with van der Waals surface area (Å²) in [5.41, 5.74) is 5.06. The van der Waals surface area contributed by atoms with Gasteiger partial charge in [0.1, 0.15) is 0 Å². The Hall–Kier alpha value is -0.290. The molecule has 1 heterocycles. The molecule has 3 atom stereocenters. The molecule has 3 nitrogen and oxygen atoms in total. The van der Waals surface area contributed by atoms with Crippen molar-refractivity contribution in [2.45, 2.75) is 45.4 Å². The summed E-state index contributed by atoms with van der Waals surface area (Å²) in [7, 11) is 0. The van der Waals surface area contributed by atoms with Crippen LogP contribution in [0.3, 0.4) is 0 Å². The zero-order chi connectivity index (χ0) is 13.2. The second-order valence-electron chi connectivity index (χ2n) is 4.86. The lowest BCUT2D eigenvalue weighted by molar-refractivity contribution is -0.139. The molecule has 0 aromatic heterocycles. The van der Waals surface area contributed by atoms with E-state index in [2.05, 4.69) is 13.8 Å². The Labute approximate surface area is 113 Å². The van der Waals surface area contributed by atoms with E-state index in [9.17, 15) is 4.79 Å². The molecule has 0 spiro atoms. The Morgan fingerprint density at radius 3 is 2.65 bits per heavy atom. The van der Waals surface area contributed by atoms with Crippen LogP contribution in [0.5, 0.6) is 0 Å². The fourth-order valence-electron chi connectivity index (χ4n) is 1.97. The molecule has 3 unspecified atom stereocenters. The molecule has 0 bridgehead atoms. The maximum absolute atomic E-state index is 12.6. The summed E-state index contributed by atoms with van der Waals surface area (Å²) >= 11 is 6.98. The minimum Gasteiger partial charge on any atom is -0.392 e. The molecule has 1 saturated heterocycles. The van der Waals surface area contributed by atoms with Gasteiger partial charge in [0.25, 0.3) is 0 Å². The SMILES string of the molecule is CCC(C)(C(=O)N1CCSC(C)C1C)C(N)=S. The largest absolute Gasteiger partial charge is 0.392 e. The molecule has 1 aliphatic heterocycles. The lowest BCUT2D eigenvalue weighted by atomic mass is 9.85. The van der Waals surface area contributed by atoms with Crippen molar-refractivity contribution < 1.29 is 4.79 Å². The predicted octanol–water partition coefficient (Wildman–Crippen LogP) is 2.04. The first kappa shape index (κ1) is 14.8. The Kier molecular flexibility index (Phi) is 4.84. The van der Waals surface area contributed by atoms with Crippen molar-refractivity contribution in [2.75, 3.05) is 12.3 Å². The van der Waals surface area contributed by atoms with Gasteiger partial charge in [0, 0.05) is 23.6 Å². The third-order valence-electron chi connectivity index (χ3n) is 3.87. The van der Waals surface area contributed by atoms with E-state index < -0.39 is 5.41 Å². The van der Waals surface area contributed by atoms with Crippen LogP contribution in [0.2, 0.25) is 0 Å². The number of nitrogens with zero attached hydrogens (tertiary/aromatic N) is 1. The summed E-state index contributed by atoms with van der Waals surface area (Å²) in [4.78, 5) is 14.9. The van der Waals surface area contributed by atoms with E-state index >= 15 is 0 Å². The van der Waals surface area contributed by atoms with Gasteiger partial charge in [0.05, 0.1) is 10.4 Å². The minimum absolute atomic E-state index is 0.0900. The maximum Gasteiger partial charge on any atom is 0.235 e. The van der Waals surface area contributed by atoms with Crippen molar-refractivity contribution in [1.29, 1.82) is 0 Å². The van der Waals surface area contributed by atoms with Crippen LogP contribution < -0.4 is 5.73 Å². The first-order chi connectivity index (χ1) is 7.84. The lowest BCUT2D eigenvalue weighted by Gasteiger charge is -2.42. The van der Waals surface area contributed by atoms with Gasteiger partial charge in [-0.1, -0.05) is 26.1 Å². The zero-order valence-corrected chi connectivity index (χ0v) is 12.7. The van der Waals surface area contributed by atoms with E-state index in [1.165, 1.54) is 0 Å². The summed E-state index contributed by atoms with van der Waals surface area (Å²) in [6.07, 6.45) is 0.659. The van der Waals surface area contributed by atoms with E-state index in [0.29, 0.717) is 16.7 Å². The highest BCUT2D eigenvalue weighted by Crippen LogP contribution is 2.31. The molecule has 5 heteroatoms. The molecule has 98 valence electrons. The van der Waals surface area contributed by atoms with Crippen molar-refractivity contribution in [3.63, 3.8) is 0 Å². The highest BCUT2D eigenvalue weighted by Gasteiger charge is 2.41. The smallest absolute Gasteiger partial charge is 0.235 e. The molecule has 1 aliphatic rings. The molecular weight excluding hydrogens is 252 g/mol. The highest BCUT2D eigenvalue weighted by atomic mass is 32.2. The Morgan fingerprint density at radius 2 is 2.18 bits per heavy atom. The average Bonchev–Trinajstić information content (AvgIpc) is 2.30. The lowest BCUT2D eigenvalue weighted by Crippen LogP contribution is -2.55. The molecule has 0 radical (unpaired) electrons. The number of carbonyl (C=O) groups is 1. The third kappa shape index (κ3) is 2.76. The number of hydrogen-bond acceptors (Lipinski definition) is 3. The molecule has 0 aliphatic carbocycles. The van der Waals surface area contributed by atoms with Gasteiger partial charge in [-0.05, 0) is 20.3 Å². The van der Waals surface area contributed by atoms with Crippen molar-refractivity contribution in [3.8, 4) is 0 Å². The monoisotopic (exact) mass is 274 g/mol. The van der Waals surface area contributed by atoms with Gasteiger partial charge >= 0.3 is 0 Å². The predicted molar refractivity (Wildman–Crippen MR) is 78.3 cm³/mol. The maximum atomic E-state index is 12.6. The number of thioether (sulfide) groups is 1. The van der Waals surface area contributed by atoms with Gasteiger partial charge in [-0.15, -0.1) is 0 Å². The van der Waals surface area contributed by atoms with Crippen LogP contribution >= 0.6 is 24.0 Å². The van der Waals surface area contributed by atoms with Crippen LogP contribution in [-0.2, 0) is 4.79 Å². The Bertz CT molecular complexity index is 322. The van der Waals surface area contributed by atoms with E-state index in [1.807, 2.05) is 30.5 Å². The van der Waals surface area contributed by atoms with Crippen molar-refractivity contribution in [1.82, 2.24) is 4.90 Å². The quantitative estimate of drug-likeness (QED) is 0.800. The topological polar surface area (TPSA) is 46.3 Å². The van der Waals surface area contributed by atoms with Gasteiger partial charge in [0.15, 0.2) is 0 Å². The number of rotatable bonds is 3. The third-order valence-corrected chi connectivity index (χ3v) is 5.66. The van der Waals surface area contributed by atoms with Crippen LogP contribution in [0.1, 0.15) is 34.1 Å². The van der Waals surface area contributed by atoms with Gasteiger partial charge in [-0.2, -0.15) is 11.8 Å². The molecular formula is C12H22N2OS2. The van der Waals surface area contributed by atoms with Gasteiger partial charge in [-0.25, -0.2) is 0 Å². The van der Waals surface area contributed by atoms with E-state index in [0.717, 1.165) is 12.3 Å². The van der Waals surface area contributed by atoms with Crippen LogP contribution in [0.4, 0.5) is 0 Å². The van der Waals surface area contributed by atoms with Crippen LogP contribution in [-0.4, -0.2) is 39.4 Å². The summed E-state index contributed by atoms with van der Waals surface area (Å²) in [5, 5.41) is 0.472. The van der Waals surface area contributed by atoms with Gasteiger partial charge in [-0.3, -0.25) is 4.79 Å². The molecule has 17 heavy (non-hydrogen) atoms. The first-order valence-electron chi connectivity index (χ1n) is 6.07. The average molecular weight is 274 g/mol. The van der Waals surface area contributed by atoms with E-state index in [-0.39, 0.29) is 11.9 Å². The second-order valence-corrected chi connectivity index (χ2v) is 6.79. The fraction of sp³-hybridized carbons (Fsp3) is 0.833. The van der Waals surface area contributed by atoms with E-state index in [4.69, 9.17) is 18.0 Å². The van der Waals surface area contributed by atoms with Gasteiger partial charge in [0.2, 0.25) is 5.91 Å². The molecule has 1 amide bonds. The molecule has 2 N–H and O–H groups in total. The van der Waals surface area contributed by atoms with Crippen molar-refractivity contribution in [2.24, 2.45) is 11.1 Å². The van der Waals surface area contributed by atoms with Crippen LogP contribution in [0.25, 0.3) is 0 Å². The number of hydrogen-bond donors (Lipinski definition) is 1. The Morgan fingerprint density at radius 1 is 1.59 bits per heavy atom. The van der Waals surface area contributed by atoms with Crippen molar-refractivity contribution >= 4 is 34.9 Å². The van der Waals surface area contributed by atoms with E-state index in [1.54, 1.807) is 0 Å². The van der Waals surface area contributed by atoms with Crippen LogP contribution in [0, 0.1) is 5.41 Å². The second kappa shape index (κ2) is 5.57. The highest BCUT2D eigenvalue weighted by molar-refractivity contribution is 8.00. The summed E-state index contributed by atoms with van der Waals surface area (Å²) in [5.74, 6) is 1.08. The van der Waals surface area contributed by atoms with Crippen molar-refractivity contribution in [3.05, 3.63) is 0 Å². The molecule has 0 aromatic carbocycles. The molecule has 1 rings (SSSR count). The number of thiocarbonyl (C=S) groups is 1. The normalized spacial score (nSPS) is 28.6. The molecule has 1 fully saturated rings. The standard InChI is InChI=1S/C12H22N2OS2/c1-5-12(4,10(13)16)11(15)14-6-7-17-9(3)8(14)2/h8-9H,5-7H2,1-4H3,(H2,13,16). The number of nitrogens with two attached hydrogens (primary N) is 1. The first-order valence-corrected chi connectivity index (χ1v) is 7.53. The summed E-state index contributed by atoms with van der Waals surface area (Å²) in [6, 6.07) is 0.251. The summed E-state index contributed by atoms with van der Waals surface area (Å²) < 4.78 is 0. The molecule has 0 saturated carbocycles. The van der Waals surface area contributed by atoms with Gasteiger partial charge < -0.3 is 10.6 Å². The Balaban J connectivity index is 2.91. The number of amides is 1. The fourth-order valence-corrected chi connectivity index (χ4v) is 3.30. The molecule has 0 aromatic rings. The van der Waals surface area contributed by atoms with Crippen LogP contribution in [0.15, 0.2) is 0 Å². The minimum atomic E-state index is -0.689. The summed E-state index contributed by atoms with van der Waals surface area (Å²) in [6.45, 7) is 8.89. The zero-order valence-electron chi connectivity index (χ0n) is 11.0. The number of carbonyl (C=O) groups excluding carboxylic acids is 1.